The summed E-state index contributed by atoms with van der Waals surface area (Å²) < 4.78 is 0. The minimum Gasteiger partial charge on any atom is -0.161 e. The van der Waals surface area contributed by atoms with E-state index in [1.54, 1.807) is 6.42 Å². The molecule has 2 rings (SSSR count). The van der Waals surface area contributed by atoms with Crippen molar-refractivity contribution in [2.75, 3.05) is 11.5 Å². The third kappa shape index (κ3) is 0.320. The van der Waals surface area contributed by atoms with Crippen molar-refractivity contribution in [3.8, 4) is 0 Å². The van der Waals surface area contributed by atoms with Crippen LogP contribution in [0, 0.1) is 11.8 Å². The summed E-state index contributed by atoms with van der Waals surface area (Å²) in [5.74, 6) is 5.31. The van der Waals surface area contributed by atoms with Crippen LogP contribution >= 0.6 is 11.8 Å². The molecule has 0 aromatic rings. The van der Waals surface area contributed by atoms with E-state index in [1.807, 2.05) is 0 Å². The molecule has 2 atom stereocenters. The van der Waals surface area contributed by atoms with Gasteiger partial charge in [0.25, 0.3) is 0 Å². The lowest BCUT2D eigenvalue weighted by Gasteiger charge is -1.82. The summed E-state index contributed by atoms with van der Waals surface area (Å²) in [7, 11) is 0. The van der Waals surface area contributed by atoms with Gasteiger partial charge in [-0.15, -0.1) is 0 Å². The zero-order valence-corrected chi connectivity index (χ0v) is 4.50. The maximum absolute atomic E-state index is 2.13. The van der Waals surface area contributed by atoms with Gasteiger partial charge in [0.05, 0.1) is 0 Å². The van der Waals surface area contributed by atoms with E-state index >= 15 is 0 Å². The van der Waals surface area contributed by atoms with Gasteiger partial charge in [0.15, 0.2) is 0 Å². The number of thioether (sulfide) groups is 1. The molecular weight excluding hydrogens is 92.1 g/mol. The Kier molecular flexibility index (Phi) is 0.530. The van der Waals surface area contributed by atoms with E-state index in [0.29, 0.717) is 0 Å². The molecular formula is C5H8S. The molecule has 0 radical (unpaired) electrons. The van der Waals surface area contributed by atoms with Crippen LogP contribution in [0.1, 0.15) is 6.42 Å². The van der Waals surface area contributed by atoms with Crippen LogP contribution in [0.25, 0.3) is 0 Å². The molecule has 1 heterocycles. The molecule has 0 amide bonds. The van der Waals surface area contributed by atoms with Crippen molar-refractivity contribution in [2.45, 2.75) is 6.42 Å². The lowest BCUT2D eigenvalue weighted by molar-refractivity contribution is 0.895. The summed E-state index contributed by atoms with van der Waals surface area (Å²) in [5, 5.41) is 0. The van der Waals surface area contributed by atoms with E-state index in [1.165, 1.54) is 23.3 Å². The van der Waals surface area contributed by atoms with Crippen molar-refractivity contribution in [1.82, 2.24) is 0 Å². The van der Waals surface area contributed by atoms with Gasteiger partial charge in [0.2, 0.25) is 0 Å². The average Bonchev–Trinajstić information content (AvgIpc) is 2.17. The zero-order valence-electron chi connectivity index (χ0n) is 3.68. The summed E-state index contributed by atoms with van der Waals surface area (Å²) in [6, 6.07) is 0. The predicted octanol–water partition coefficient (Wildman–Crippen LogP) is 1.37. The maximum atomic E-state index is 2.13. The van der Waals surface area contributed by atoms with Crippen molar-refractivity contribution in [3.63, 3.8) is 0 Å². The summed E-state index contributed by atoms with van der Waals surface area (Å²) in [6.07, 6.45) is 1.56. The van der Waals surface area contributed by atoms with Gasteiger partial charge >= 0.3 is 0 Å². The van der Waals surface area contributed by atoms with Gasteiger partial charge < -0.3 is 0 Å². The molecule has 6 heavy (non-hydrogen) atoms. The topological polar surface area (TPSA) is 0 Å². The summed E-state index contributed by atoms with van der Waals surface area (Å²) >= 11 is 2.13. The highest BCUT2D eigenvalue weighted by Gasteiger charge is 2.41. The van der Waals surface area contributed by atoms with Crippen LogP contribution in [-0.4, -0.2) is 11.5 Å². The van der Waals surface area contributed by atoms with Gasteiger partial charge in [-0.1, -0.05) is 0 Å². The first kappa shape index (κ1) is 3.36. The van der Waals surface area contributed by atoms with E-state index in [0.717, 1.165) is 0 Å². The SMILES string of the molecule is C1SC[C@H]2C[C@@H]12. The minimum atomic E-state index is 1.18. The molecule has 0 nitrogen and oxygen atoms in total. The first-order valence-corrected chi connectivity index (χ1v) is 3.70. The molecule has 1 saturated carbocycles. The van der Waals surface area contributed by atoms with Crippen LogP contribution < -0.4 is 0 Å². The van der Waals surface area contributed by atoms with Crippen molar-refractivity contribution in [1.29, 1.82) is 0 Å². The molecule has 1 heteroatoms. The Bertz CT molecular complexity index is 62.3. The van der Waals surface area contributed by atoms with E-state index in [9.17, 15) is 0 Å². The lowest BCUT2D eigenvalue weighted by Crippen LogP contribution is -1.69. The Morgan fingerprint density at radius 1 is 1.17 bits per heavy atom. The standard InChI is InChI=1S/C5H8S/c1-4-2-6-3-5(1)4/h4-5H,1-3H2/t4-,5+. The molecule has 34 valence electrons. The predicted molar refractivity (Wildman–Crippen MR) is 28.9 cm³/mol. The van der Waals surface area contributed by atoms with Crippen LogP contribution in [-0.2, 0) is 0 Å². The van der Waals surface area contributed by atoms with Crippen molar-refractivity contribution in [2.24, 2.45) is 11.8 Å². The molecule has 1 aliphatic carbocycles. The number of hydrogen-bond donors (Lipinski definition) is 0. The number of rotatable bonds is 0. The first-order chi connectivity index (χ1) is 2.97. The number of fused-ring (bicyclic) bond motifs is 1. The Morgan fingerprint density at radius 2 is 1.83 bits per heavy atom. The van der Waals surface area contributed by atoms with Crippen molar-refractivity contribution >= 4 is 11.8 Å². The first-order valence-electron chi connectivity index (χ1n) is 2.54. The molecule has 0 N–H and O–H groups in total. The molecule has 0 unspecified atom stereocenters. The molecule has 0 aromatic carbocycles. The minimum absolute atomic E-state index is 1.18. The van der Waals surface area contributed by atoms with E-state index in [-0.39, 0.29) is 0 Å². The maximum Gasteiger partial charge on any atom is -0.00360 e. The van der Waals surface area contributed by atoms with Gasteiger partial charge in [-0.25, -0.2) is 0 Å². The summed E-state index contributed by atoms with van der Waals surface area (Å²) in [5.41, 5.74) is 0. The molecule has 2 aliphatic rings. The third-order valence-electron chi connectivity index (χ3n) is 1.73. The van der Waals surface area contributed by atoms with Crippen molar-refractivity contribution in [3.05, 3.63) is 0 Å². The molecule has 2 fully saturated rings. The second-order valence-electron chi connectivity index (χ2n) is 2.29. The number of hydrogen-bond acceptors (Lipinski definition) is 1. The smallest absolute Gasteiger partial charge is 0.00360 e. The van der Waals surface area contributed by atoms with Crippen LogP contribution in [0.4, 0.5) is 0 Å². The zero-order chi connectivity index (χ0) is 3.98. The van der Waals surface area contributed by atoms with E-state index in [2.05, 4.69) is 11.8 Å². The highest BCUT2D eigenvalue weighted by Crippen LogP contribution is 2.48. The second kappa shape index (κ2) is 0.945. The van der Waals surface area contributed by atoms with Gasteiger partial charge in [-0.05, 0) is 29.8 Å². The largest absolute Gasteiger partial charge is 0.161 e. The Morgan fingerprint density at radius 3 is 2.00 bits per heavy atom. The van der Waals surface area contributed by atoms with E-state index < -0.39 is 0 Å². The molecule has 1 aliphatic heterocycles. The Labute approximate surface area is 42.3 Å². The fourth-order valence-electron chi connectivity index (χ4n) is 1.09. The highest BCUT2D eigenvalue weighted by molar-refractivity contribution is 7.99. The summed E-state index contributed by atoms with van der Waals surface area (Å²) in [4.78, 5) is 0. The average molecular weight is 100 g/mol. The van der Waals surface area contributed by atoms with Gasteiger partial charge in [-0.3, -0.25) is 0 Å². The highest BCUT2D eigenvalue weighted by atomic mass is 32.2. The molecule has 0 spiro atoms. The monoisotopic (exact) mass is 100 g/mol. The van der Waals surface area contributed by atoms with Crippen LogP contribution in [0.15, 0.2) is 0 Å². The van der Waals surface area contributed by atoms with Crippen LogP contribution in [0.5, 0.6) is 0 Å². The Hall–Kier alpha value is 0.350. The fraction of sp³-hybridized carbons (Fsp3) is 1.00. The van der Waals surface area contributed by atoms with Gasteiger partial charge in [0.1, 0.15) is 0 Å². The van der Waals surface area contributed by atoms with Crippen LogP contribution in [0.3, 0.4) is 0 Å². The second-order valence-corrected chi connectivity index (χ2v) is 3.37. The van der Waals surface area contributed by atoms with E-state index in [4.69, 9.17) is 0 Å². The van der Waals surface area contributed by atoms with Crippen LogP contribution in [0.2, 0.25) is 0 Å². The quantitative estimate of drug-likeness (QED) is 0.443. The molecule has 0 aromatic heterocycles. The molecule has 1 saturated heterocycles. The van der Waals surface area contributed by atoms with Gasteiger partial charge in [0, 0.05) is 0 Å². The molecule has 0 bridgehead atoms. The van der Waals surface area contributed by atoms with Crippen molar-refractivity contribution < 1.29 is 0 Å². The fourth-order valence-corrected chi connectivity index (χ4v) is 2.65. The third-order valence-corrected chi connectivity index (χ3v) is 3.06. The normalized spacial score (nSPS) is 52.0. The lowest BCUT2D eigenvalue weighted by atomic mass is 10.4. The Balaban J connectivity index is 2.09. The van der Waals surface area contributed by atoms with Gasteiger partial charge in [-0.2, -0.15) is 11.8 Å². The summed E-state index contributed by atoms with van der Waals surface area (Å²) in [6.45, 7) is 0.